The first-order valence-corrected chi connectivity index (χ1v) is 9.60. The van der Waals surface area contributed by atoms with Crippen molar-refractivity contribution in [3.05, 3.63) is 80.4 Å². The highest BCUT2D eigenvalue weighted by Crippen LogP contribution is 2.23. The lowest BCUT2D eigenvalue weighted by atomic mass is 10.1. The van der Waals surface area contributed by atoms with Crippen LogP contribution in [0.2, 0.25) is 5.02 Å². The molecule has 0 aliphatic heterocycles. The number of ether oxygens (including phenoxy) is 1. The van der Waals surface area contributed by atoms with Crippen LogP contribution in [-0.4, -0.2) is 23.8 Å². The summed E-state index contributed by atoms with van der Waals surface area (Å²) >= 11 is 5.88. The molecule has 31 heavy (non-hydrogen) atoms. The van der Waals surface area contributed by atoms with Crippen molar-refractivity contribution in [3.8, 4) is 17.4 Å². The summed E-state index contributed by atoms with van der Waals surface area (Å²) in [5, 5.41) is 13.8. The zero-order valence-corrected chi connectivity index (χ0v) is 17.6. The molecule has 3 aromatic rings. The van der Waals surface area contributed by atoms with Crippen molar-refractivity contribution in [3.63, 3.8) is 0 Å². The van der Waals surface area contributed by atoms with Crippen LogP contribution < -0.4 is 11.0 Å². The number of hydrogen-bond acceptors (Lipinski definition) is 6. The number of halogens is 1. The number of amides is 1. The predicted molar refractivity (Wildman–Crippen MR) is 116 cm³/mol. The summed E-state index contributed by atoms with van der Waals surface area (Å²) in [6.45, 7) is 1.54. The van der Waals surface area contributed by atoms with Gasteiger partial charge in [-0.2, -0.15) is 10.4 Å². The average molecular weight is 439 g/mol. The maximum atomic E-state index is 12.5. The first-order chi connectivity index (χ1) is 14.9. The molecule has 3 rings (SSSR count). The normalized spacial score (nSPS) is 10.9. The van der Waals surface area contributed by atoms with E-state index in [0.717, 1.165) is 5.56 Å². The van der Waals surface area contributed by atoms with Crippen LogP contribution in [0, 0.1) is 18.3 Å². The molecule has 0 bridgehead atoms. The van der Waals surface area contributed by atoms with E-state index < -0.39 is 11.5 Å². The zero-order valence-electron chi connectivity index (χ0n) is 16.9. The third-order valence-electron chi connectivity index (χ3n) is 4.44. The van der Waals surface area contributed by atoms with Crippen molar-refractivity contribution in [2.24, 2.45) is 5.10 Å². The number of furan rings is 1. The van der Waals surface area contributed by atoms with E-state index in [-0.39, 0.29) is 18.7 Å². The molecular weight excluding hydrogens is 420 g/mol. The minimum absolute atomic E-state index is 0.0472. The highest BCUT2D eigenvalue weighted by atomic mass is 35.5. The monoisotopic (exact) mass is 438 g/mol. The van der Waals surface area contributed by atoms with Crippen molar-refractivity contribution in [1.29, 1.82) is 5.26 Å². The Morgan fingerprint density at radius 2 is 2.06 bits per heavy atom. The quantitative estimate of drug-likeness (QED) is 0.449. The number of pyridine rings is 1. The number of aromatic nitrogens is 1. The van der Waals surface area contributed by atoms with Gasteiger partial charge >= 0.3 is 0 Å². The van der Waals surface area contributed by atoms with Crippen LogP contribution in [0.3, 0.4) is 0 Å². The third kappa shape index (κ3) is 5.28. The van der Waals surface area contributed by atoms with Gasteiger partial charge in [0, 0.05) is 29.0 Å². The molecule has 0 aliphatic carbocycles. The topological polar surface area (TPSA) is 110 Å². The summed E-state index contributed by atoms with van der Waals surface area (Å²) < 4.78 is 11.9. The Morgan fingerprint density at radius 1 is 1.32 bits per heavy atom. The fourth-order valence-corrected chi connectivity index (χ4v) is 3.08. The molecule has 8 nitrogen and oxygen atoms in total. The molecule has 0 saturated carbocycles. The maximum Gasteiger partial charge on any atom is 0.269 e. The van der Waals surface area contributed by atoms with E-state index in [2.05, 4.69) is 10.5 Å². The molecule has 0 fully saturated rings. The number of carbonyl (C=O) groups excluding carboxylic acids is 1. The Morgan fingerprint density at radius 3 is 2.74 bits per heavy atom. The van der Waals surface area contributed by atoms with Gasteiger partial charge in [-0.05, 0) is 49.4 Å². The molecule has 9 heteroatoms. The molecule has 0 unspecified atom stereocenters. The highest BCUT2D eigenvalue weighted by Gasteiger charge is 2.14. The first kappa shape index (κ1) is 22.0. The molecule has 0 atom stereocenters. The Labute approximate surface area is 183 Å². The Hall–Kier alpha value is -3.67. The summed E-state index contributed by atoms with van der Waals surface area (Å²) in [7, 11) is 1.48. The van der Waals surface area contributed by atoms with E-state index in [9.17, 15) is 14.9 Å². The smallest absolute Gasteiger partial charge is 0.269 e. The van der Waals surface area contributed by atoms with E-state index in [0.29, 0.717) is 27.8 Å². The van der Waals surface area contributed by atoms with Crippen LogP contribution in [0.1, 0.15) is 22.6 Å². The molecule has 2 heterocycles. The summed E-state index contributed by atoms with van der Waals surface area (Å²) in [6.07, 6.45) is 1.36. The standard InChI is InChI=1S/C22H19ClN4O4/c1-14-9-16(13-30-2)19(10-24)22(29)27(14)12-21(28)26-25-11-18-7-8-20(31-18)15-3-5-17(23)6-4-15/h3-9,11H,12-13H2,1-2H3,(H,26,28)/b25-11+. The second-order valence-corrected chi connectivity index (χ2v) is 7.06. The number of rotatable bonds is 7. The lowest BCUT2D eigenvalue weighted by molar-refractivity contribution is -0.121. The van der Waals surface area contributed by atoms with Crippen LogP contribution >= 0.6 is 11.6 Å². The van der Waals surface area contributed by atoms with Crippen molar-refractivity contribution in [2.75, 3.05) is 7.11 Å². The van der Waals surface area contributed by atoms with Gasteiger partial charge in [-0.15, -0.1) is 0 Å². The van der Waals surface area contributed by atoms with E-state index >= 15 is 0 Å². The summed E-state index contributed by atoms with van der Waals surface area (Å²) in [5.74, 6) is 0.551. The number of methoxy groups -OCH3 is 1. The predicted octanol–water partition coefficient (Wildman–Crippen LogP) is 3.24. The molecule has 158 valence electrons. The molecule has 0 spiro atoms. The first-order valence-electron chi connectivity index (χ1n) is 9.23. The van der Waals surface area contributed by atoms with Gasteiger partial charge in [0.2, 0.25) is 0 Å². The zero-order chi connectivity index (χ0) is 22.4. The van der Waals surface area contributed by atoms with Gasteiger partial charge in [0.25, 0.3) is 11.5 Å². The molecule has 0 aliphatic rings. The number of carbonyl (C=O) groups is 1. The summed E-state index contributed by atoms with van der Waals surface area (Å²) in [6, 6.07) is 14.2. The fraction of sp³-hybridized carbons (Fsp3) is 0.182. The van der Waals surface area contributed by atoms with Crippen molar-refractivity contribution >= 4 is 23.7 Å². The van der Waals surface area contributed by atoms with Gasteiger partial charge in [0.05, 0.1) is 12.8 Å². The summed E-state index contributed by atoms with van der Waals surface area (Å²) in [4.78, 5) is 24.8. The van der Waals surface area contributed by atoms with Crippen molar-refractivity contribution in [2.45, 2.75) is 20.1 Å². The number of nitrogens with one attached hydrogen (secondary N) is 1. The SMILES string of the molecule is COCc1cc(C)n(CC(=O)N/N=C/c2ccc(-c3ccc(Cl)cc3)o2)c(=O)c1C#N. The van der Waals surface area contributed by atoms with Gasteiger partial charge in [-0.1, -0.05) is 11.6 Å². The molecule has 1 aromatic carbocycles. The van der Waals surface area contributed by atoms with Crippen LogP contribution in [-0.2, 0) is 22.7 Å². The minimum Gasteiger partial charge on any atom is -0.455 e. The Kier molecular flexibility index (Phi) is 7.03. The van der Waals surface area contributed by atoms with Crippen molar-refractivity contribution in [1.82, 2.24) is 9.99 Å². The van der Waals surface area contributed by atoms with Gasteiger partial charge in [0.15, 0.2) is 0 Å². The lowest BCUT2D eigenvalue weighted by Gasteiger charge is -2.12. The highest BCUT2D eigenvalue weighted by molar-refractivity contribution is 6.30. The molecule has 0 saturated heterocycles. The number of benzene rings is 1. The van der Waals surface area contributed by atoms with E-state index in [1.54, 1.807) is 37.3 Å². The van der Waals surface area contributed by atoms with Crippen LogP contribution in [0.4, 0.5) is 0 Å². The Bertz CT molecular complexity index is 1220. The minimum atomic E-state index is -0.549. The second kappa shape index (κ2) is 9.89. The van der Waals surface area contributed by atoms with Gasteiger partial charge < -0.3 is 13.7 Å². The lowest BCUT2D eigenvalue weighted by Crippen LogP contribution is -2.33. The van der Waals surface area contributed by atoms with Crippen LogP contribution in [0.5, 0.6) is 0 Å². The van der Waals surface area contributed by atoms with Gasteiger partial charge in [-0.3, -0.25) is 9.59 Å². The van der Waals surface area contributed by atoms with Crippen LogP contribution in [0.25, 0.3) is 11.3 Å². The van der Waals surface area contributed by atoms with Crippen molar-refractivity contribution < 1.29 is 13.9 Å². The van der Waals surface area contributed by atoms with E-state index in [1.807, 2.05) is 18.2 Å². The number of nitriles is 1. The molecule has 0 radical (unpaired) electrons. The van der Waals surface area contributed by atoms with E-state index in [4.69, 9.17) is 20.8 Å². The van der Waals surface area contributed by atoms with Gasteiger partial charge in [0.1, 0.15) is 29.7 Å². The third-order valence-corrected chi connectivity index (χ3v) is 4.69. The molecule has 1 amide bonds. The Balaban J connectivity index is 1.67. The number of nitrogens with zero attached hydrogens (tertiary/aromatic N) is 3. The summed E-state index contributed by atoms with van der Waals surface area (Å²) in [5.41, 5.74) is 3.63. The molecule has 2 aromatic heterocycles. The molecule has 1 N–H and O–H groups in total. The number of aryl methyl sites for hydroxylation is 1. The maximum absolute atomic E-state index is 12.5. The van der Waals surface area contributed by atoms with Crippen LogP contribution in [0.15, 0.2) is 56.8 Å². The molecular formula is C22H19ClN4O4. The van der Waals surface area contributed by atoms with E-state index in [1.165, 1.54) is 17.9 Å². The number of hydrogen-bond donors (Lipinski definition) is 1. The largest absolute Gasteiger partial charge is 0.455 e. The average Bonchev–Trinajstić information content (AvgIpc) is 3.21. The van der Waals surface area contributed by atoms with Gasteiger partial charge in [-0.25, -0.2) is 5.43 Å². The second-order valence-electron chi connectivity index (χ2n) is 6.62. The number of hydrazone groups is 1. The fourth-order valence-electron chi connectivity index (χ4n) is 2.96.